The lowest BCUT2D eigenvalue weighted by molar-refractivity contribution is 0.0660. The van der Waals surface area contributed by atoms with Crippen LogP contribution in [0, 0.1) is 0 Å². The molecule has 6 heteroatoms. The Morgan fingerprint density at radius 2 is 2.23 bits per heavy atom. The van der Waals surface area contributed by atoms with E-state index in [-0.39, 0.29) is 11.9 Å². The molecule has 1 aromatic heterocycles. The lowest BCUT2D eigenvalue weighted by Gasteiger charge is -2.36. The van der Waals surface area contributed by atoms with Crippen LogP contribution < -0.4 is 15.4 Å². The molecule has 2 aromatic rings. The number of para-hydroxylation sites is 1. The number of nitrogens with zero attached hydrogens (tertiary/aromatic N) is 1. The van der Waals surface area contributed by atoms with E-state index >= 15 is 0 Å². The highest BCUT2D eigenvalue weighted by atomic mass is 16.5. The van der Waals surface area contributed by atoms with Gasteiger partial charge < -0.3 is 24.9 Å². The Morgan fingerprint density at radius 3 is 2.91 bits per heavy atom. The third kappa shape index (κ3) is 2.59. The van der Waals surface area contributed by atoms with Crippen molar-refractivity contribution in [1.82, 2.24) is 0 Å². The average molecular weight is 302 g/mol. The van der Waals surface area contributed by atoms with E-state index in [2.05, 4.69) is 11.8 Å². The van der Waals surface area contributed by atoms with Crippen LogP contribution in [0.1, 0.15) is 29.7 Å². The summed E-state index contributed by atoms with van der Waals surface area (Å²) in [5.41, 5.74) is 7.55. The molecule has 0 saturated heterocycles. The molecular formula is C16H18N2O4. The number of ether oxygens (including phenoxy) is 1. The first kappa shape index (κ1) is 14.3. The predicted molar refractivity (Wildman–Crippen MR) is 82.3 cm³/mol. The number of rotatable bonds is 4. The van der Waals surface area contributed by atoms with E-state index in [0.717, 1.165) is 17.9 Å². The largest absolute Gasteiger partial charge is 0.486 e. The first-order valence-electron chi connectivity index (χ1n) is 7.20. The molecule has 1 atom stereocenters. The van der Waals surface area contributed by atoms with Crippen molar-refractivity contribution in [3.63, 3.8) is 0 Å². The van der Waals surface area contributed by atoms with E-state index in [4.69, 9.17) is 20.0 Å². The Kier molecular flexibility index (Phi) is 3.66. The zero-order valence-corrected chi connectivity index (χ0v) is 12.3. The maximum Gasteiger partial charge on any atom is 0.371 e. The van der Waals surface area contributed by atoms with E-state index < -0.39 is 5.97 Å². The van der Waals surface area contributed by atoms with E-state index in [1.165, 1.54) is 6.07 Å². The monoisotopic (exact) mass is 302 g/mol. The van der Waals surface area contributed by atoms with Crippen molar-refractivity contribution in [2.75, 3.05) is 17.2 Å². The van der Waals surface area contributed by atoms with Crippen molar-refractivity contribution in [2.24, 2.45) is 0 Å². The quantitative estimate of drug-likeness (QED) is 0.844. The van der Waals surface area contributed by atoms with Gasteiger partial charge in [-0.15, -0.1) is 0 Å². The van der Waals surface area contributed by atoms with Crippen molar-refractivity contribution in [3.05, 3.63) is 41.9 Å². The van der Waals surface area contributed by atoms with Crippen LogP contribution in [0.5, 0.6) is 5.75 Å². The Bertz CT molecular complexity index is 695. The van der Waals surface area contributed by atoms with Crippen molar-refractivity contribution in [2.45, 2.75) is 26.0 Å². The van der Waals surface area contributed by atoms with Gasteiger partial charge in [-0.05, 0) is 30.7 Å². The minimum atomic E-state index is -1.07. The molecule has 0 spiro atoms. The fourth-order valence-electron chi connectivity index (χ4n) is 2.65. The highest BCUT2D eigenvalue weighted by Gasteiger charge is 2.27. The second kappa shape index (κ2) is 5.63. The number of hydrogen-bond donors (Lipinski definition) is 2. The Hall–Kier alpha value is -2.63. The molecule has 0 fully saturated rings. The van der Waals surface area contributed by atoms with Crippen LogP contribution in [0.15, 0.2) is 34.7 Å². The summed E-state index contributed by atoms with van der Waals surface area (Å²) in [6.07, 6.45) is 0.951. The van der Waals surface area contributed by atoms with Gasteiger partial charge in [0.05, 0.1) is 18.8 Å². The Balaban J connectivity index is 1.90. The third-order valence-electron chi connectivity index (χ3n) is 3.74. The fraction of sp³-hybridized carbons (Fsp3) is 0.312. The summed E-state index contributed by atoms with van der Waals surface area (Å²) in [5, 5.41) is 8.94. The lowest BCUT2D eigenvalue weighted by Crippen LogP contribution is -2.39. The van der Waals surface area contributed by atoms with Crippen LogP contribution in [0.2, 0.25) is 0 Å². The number of nitrogen functional groups attached to an aromatic ring is 1. The van der Waals surface area contributed by atoms with E-state index in [1.54, 1.807) is 6.07 Å². The maximum absolute atomic E-state index is 10.9. The van der Waals surface area contributed by atoms with Crippen LogP contribution in [0.4, 0.5) is 11.4 Å². The van der Waals surface area contributed by atoms with Gasteiger partial charge in [0.2, 0.25) is 5.76 Å². The van der Waals surface area contributed by atoms with Crippen LogP contribution in [-0.4, -0.2) is 23.7 Å². The minimum absolute atomic E-state index is 0.0587. The zero-order chi connectivity index (χ0) is 15.7. The minimum Gasteiger partial charge on any atom is -0.486 e. The number of nitrogens with two attached hydrogens (primary N) is 1. The molecule has 1 aliphatic heterocycles. The number of carbonyl (C=O) groups is 1. The number of benzene rings is 1. The second-order valence-electron chi connectivity index (χ2n) is 5.29. The molecule has 22 heavy (non-hydrogen) atoms. The lowest BCUT2D eigenvalue weighted by atomic mass is 10.1. The smallest absolute Gasteiger partial charge is 0.371 e. The van der Waals surface area contributed by atoms with Gasteiger partial charge >= 0.3 is 5.97 Å². The molecule has 6 nitrogen and oxygen atoms in total. The van der Waals surface area contributed by atoms with Gasteiger partial charge in [-0.2, -0.15) is 0 Å². The second-order valence-corrected chi connectivity index (χ2v) is 5.29. The molecule has 116 valence electrons. The van der Waals surface area contributed by atoms with Gasteiger partial charge in [0.1, 0.15) is 23.3 Å². The van der Waals surface area contributed by atoms with E-state index in [9.17, 15) is 4.79 Å². The summed E-state index contributed by atoms with van der Waals surface area (Å²) in [6, 6.07) is 8.72. The first-order valence-corrected chi connectivity index (χ1v) is 7.20. The number of carboxylic acid groups (broad SMARTS) is 1. The van der Waals surface area contributed by atoms with Gasteiger partial charge in [-0.3, -0.25) is 0 Å². The molecule has 1 aromatic carbocycles. The summed E-state index contributed by atoms with van der Waals surface area (Å²) in [7, 11) is 0. The molecule has 0 radical (unpaired) electrons. The predicted octanol–water partition coefficient (Wildman–Crippen LogP) is 2.74. The maximum atomic E-state index is 10.9. The third-order valence-corrected chi connectivity index (χ3v) is 3.74. The van der Waals surface area contributed by atoms with Gasteiger partial charge in [0.25, 0.3) is 0 Å². The number of furan rings is 1. The highest BCUT2D eigenvalue weighted by Crippen LogP contribution is 2.39. The van der Waals surface area contributed by atoms with Crippen molar-refractivity contribution in [3.8, 4) is 5.75 Å². The standard InChI is InChI=1S/C16H18N2O4/c1-2-10-8-18(9-11-6-7-14(22-11)16(19)20)15-12(17)4-3-5-13(15)21-10/h3-7,10H,2,8-9,17H2,1H3,(H,19,20). The molecule has 0 saturated carbocycles. The summed E-state index contributed by atoms with van der Waals surface area (Å²) in [5.74, 6) is 0.211. The Labute approximate surface area is 128 Å². The molecular weight excluding hydrogens is 284 g/mol. The number of fused-ring (bicyclic) bond motifs is 1. The highest BCUT2D eigenvalue weighted by molar-refractivity contribution is 5.84. The molecule has 0 aliphatic carbocycles. The van der Waals surface area contributed by atoms with Crippen LogP contribution in [0.3, 0.4) is 0 Å². The molecule has 3 rings (SSSR count). The normalized spacial score (nSPS) is 17.0. The molecule has 3 N–H and O–H groups in total. The fourth-order valence-corrected chi connectivity index (χ4v) is 2.65. The van der Waals surface area contributed by atoms with Gasteiger partial charge in [0, 0.05) is 0 Å². The molecule has 0 bridgehead atoms. The summed E-state index contributed by atoms with van der Waals surface area (Å²) in [6.45, 7) is 3.20. The summed E-state index contributed by atoms with van der Waals surface area (Å²) >= 11 is 0. The molecule has 1 unspecified atom stereocenters. The number of aromatic carboxylic acids is 1. The summed E-state index contributed by atoms with van der Waals surface area (Å²) in [4.78, 5) is 13.0. The van der Waals surface area contributed by atoms with Crippen LogP contribution in [-0.2, 0) is 6.54 Å². The SMILES string of the molecule is CCC1CN(Cc2ccc(C(=O)O)o2)c2c(N)cccc2O1. The van der Waals surface area contributed by atoms with E-state index in [1.807, 2.05) is 18.2 Å². The average Bonchev–Trinajstić information content (AvgIpc) is 2.95. The van der Waals surface area contributed by atoms with E-state index in [0.29, 0.717) is 24.5 Å². The van der Waals surface area contributed by atoms with Gasteiger partial charge in [-0.1, -0.05) is 13.0 Å². The number of carboxylic acids is 1. The first-order chi connectivity index (χ1) is 10.6. The van der Waals surface area contributed by atoms with Gasteiger partial charge in [0.15, 0.2) is 0 Å². The molecule has 2 heterocycles. The zero-order valence-electron chi connectivity index (χ0n) is 12.3. The molecule has 0 amide bonds. The molecule has 1 aliphatic rings. The van der Waals surface area contributed by atoms with Crippen molar-refractivity contribution < 1.29 is 19.1 Å². The van der Waals surface area contributed by atoms with Crippen LogP contribution in [0.25, 0.3) is 0 Å². The topological polar surface area (TPSA) is 88.9 Å². The number of hydrogen-bond acceptors (Lipinski definition) is 5. The van der Waals surface area contributed by atoms with Gasteiger partial charge in [-0.25, -0.2) is 4.79 Å². The number of anilines is 2. The van der Waals surface area contributed by atoms with Crippen molar-refractivity contribution >= 4 is 17.3 Å². The Morgan fingerprint density at radius 1 is 1.41 bits per heavy atom. The summed E-state index contributed by atoms with van der Waals surface area (Å²) < 4.78 is 11.3. The van der Waals surface area contributed by atoms with Crippen LogP contribution >= 0.6 is 0 Å². The van der Waals surface area contributed by atoms with Crippen molar-refractivity contribution in [1.29, 1.82) is 0 Å².